The molecule has 0 fully saturated rings. The highest BCUT2D eigenvalue weighted by atomic mass is 13.0. The lowest BCUT2D eigenvalue weighted by molar-refractivity contribution is 2.34. The summed E-state index contributed by atoms with van der Waals surface area (Å²) in [5.74, 6) is 0. The summed E-state index contributed by atoms with van der Waals surface area (Å²) in [4.78, 5) is 0. The van der Waals surface area contributed by atoms with E-state index >= 15 is 0 Å². The lowest BCUT2D eigenvalue weighted by Crippen LogP contribution is -2.36. The van der Waals surface area contributed by atoms with Crippen molar-refractivity contribution in [2.45, 2.75) is 6.82 Å². The molecule has 0 aromatic carbocycles. The smallest absolute Gasteiger partial charge is 0.0637 e. The Bertz CT molecular complexity index is 154. The van der Waals surface area contributed by atoms with E-state index in [1.54, 1.807) is 0 Å². The fraction of sp³-hybridized carbons (Fsp3) is 1.00. The molecule has 0 nitrogen and oxygen atoms in total. The van der Waals surface area contributed by atoms with Crippen LogP contribution in [0.3, 0.4) is 0 Å². The summed E-state index contributed by atoms with van der Waals surface area (Å²) in [6.07, 6.45) is 0. The van der Waals surface area contributed by atoms with Crippen LogP contribution in [0.25, 0.3) is 0 Å². The number of hydrogen-bond acceptors (Lipinski definition) is 0. The van der Waals surface area contributed by atoms with Gasteiger partial charge in [0.2, 0.25) is 0 Å². The van der Waals surface area contributed by atoms with Gasteiger partial charge in [-0.2, -0.15) is 0 Å². The van der Waals surface area contributed by atoms with E-state index in [1.807, 2.05) is 0 Å². The first kappa shape index (κ1) is 20.2. The summed E-state index contributed by atoms with van der Waals surface area (Å²) in [7, 11) is 26.6. The van der Waals surface area contributed by atoms with E-state index < -0.39 is 0 Å². The third-order valence-corrected chi connectivity index (χ3v) is 4.14. The van der Waals surface area contributed by atoms with Crippen molar-refractivity contribution in [2.24, 2.45) is 0 Å². The normalized spacial score (nSPS) is 7.63. The van der Waals surface area contributed by atoms with Crippen molar-refractivity contribution in [2.75, 3.05) is 0 Å². The summed E-state index contributed by atoms with van der Waals surface area (Å²) in [5.41, 5.74) is 0. The highest BCUT2D eigenvalue weighted by molar-refractivity contribution is 7.74. The van der Waals surface area contributed by atoms with E-state index in [-0.39, 0.29) is 0 Å². The first-order chi connectivity index (χ1) is 9.27. The summed E-state index contributed by atoms with van der Waals surface area (Å²) >= 11 is 0. The van der Waals surface area contributed by atoms with Crippen molar-refractivity contribution < 1.29 is 0 Å². The van der Waals surface area contributed by atoms with Crippen molar-refractivity contribution in [3.8, 4) is 0 Å². The van der Waals surface area contributed by atoms with Gasteiger partial charge in [-0.15, -0.1) is 6.82 Å². The third-order valence-electron chi connectivity index (χ3n) is 4.14. The van der Waals surface area contributed by atoms with Crippen molar-refractivity contribution in [3.05, 3.63) is 0 Å². The third kappa shape index (κ3) is 19.2. The van der Waals surface area contributed by atoms with Gasteiger partial charge in [0.05, 0.1) is 22.0 Å². The Morgan fingerprint density at radius 3 is 1.21 bits per heavy atom. The number of rotatable bonds is 15. The molecule has 0 bridgehead atoms. The summed E-state index contributed by atoms with van der Waals surface area (Å²) < 4.78 is 0. The van der Waals surface area contributed by atoms with Crippen LogP contribution in [0.5, 0.6) is 0 Å². The first-order valence-electron chi connectivity index (χ1n) is 9.27. The molecule has 0 radical (unpaired) electrons. The van der Waals surface area contributed by atoms with Gasteiger partial charge in [0.25, 0.3) is 0 Å². The van der Waals surface area contributed by atoms with Crippen LogP contribution < -0.4 is 0 Å². The zero-order valence-corrected chi connectivity index (χ0v) is 14.2. The first-order valence-corrected chi connectivity index (χ1v) is 9.27. The van der Waals surface area contributed by atoms with E-state index in [4.69, 9.17) is 0 Å². The van der Waals surface area contributed by atoms with Crippen LogP contribution in [0.4, 0.5) is 0 Å². The van der Waals surface area contributed by atoms with Gasteiger partial charge in [0, 0.05) is 106 Å². The number of hydrogen-bond donors (Lipinski definition) is 0. The molecule has 0 unspecified atom stereocenters. The van der Waals surface area contributed by atoms with E-state index in [2.05, 4.69) is 22.3 Å². The molecule has 80 valence electrons. The van der Waals surface area contributed by atoms with Crippen LogP contribution in [0.1, 0.15) is 0 Å². The topological polar surface area (TPSA) is 0 Å². The van der Waals surface area contributed by atoms with Crippen molar-refractivity contribution in [1.82, 2.24) is 0 Å². The van der Waals surface area contributed by atoms with E-state index in [1.165, 1.54) is 106 Å². The van der Waals surface area contributed by atoms with Gasteiger partial charge in [-0.3, -0.25) is 0 Å². The SMILES string of the molecule is BBBBBBBBBBBBBBBBB(B)C. The minimum absolute atomic E-state index is 0.900. The molecule has 0 heterocycles. The molecular weight excluding hydrogens is 207 g/mol. The minimum Gasteiger partial charge on any atom is -0.100 e. The fourth-order valence-electron chi connectivity index (χ4n) is 2.75. The molecule has 0 saturated carbocycles. The Hall–Kier alpha value is 1.17. The van der Waals surface area contributed by atoms with Gasteiger partial charge >= 0.3 is 0 Å². The average Bonchev–Trinajstić information content (AvgIpc) is 2.39. The van der Waals surface area contributed by atoms with Crippen molar-refractivity contribution >= 4 is 128 Å². The van der Waals surface area contributed by atoms with Gasteiger partial charge in [0.15, 0.2) is 0 Å². The van der Waals surface area contributed by atoms with Crippen molar-refractivity contribution in [3.63, 3.8) is 0 Å². The average molecular weight is 229 g/mol. The Labute approximate surface area is 134 Å². The predicted molar refractivity (Wildman–Crippen MR) is 136 cm³/mol. The molecule has 0 saturated heterocycles. The summed E-state index contributed by atoms with van der Waals surface area (Å²) in [6.45, 7) is 3.24. The molecule has 0 amide bonds. The molecule has 0 aromatic heterocycles. The summed E-state index contributed by atoms with van der Waals surface area (Å²) in [5, 5.41) is 0. The van der Waals surface area contributed by atoms with Gasteiger partial charge < -0.3 is 0 Å². The highest BCUT2D eigenvalue weighted by Gasteiger charge is 2.04. The second-order valence-corrected chi connectivity index (χ2v) is 6.78. The Morgan fingerprint density at radius 1 is 0.579 bits per heavy atom. The largest absolute Gasteiger partial charge is 0.100 e. The molecule has 0 aliphatic heterocycles. The molecule has 0 aromatic rings. The lowest BCUT2D eigenvalue weighted by atomic mass is 8.83. The second-order valence-electron chi connectivity index (χ2n) is 6.78. The molecule has 19 heavy (non-hydrogen) atoms. The van der Waals surface area contributed by atoms with E-state index in [0.717, 1.165) is 6.49 Å². The summed E-state index contributed by atoms with van der Waals surface area (Å²) in [6, 6.07) is 0. The molecule has 0 atom stereocenters. The Morgan fingerprint density at radius 2 is 0.895 bits per heavy atom. The predicted octanol–water partition coefficient (Wildman–Crippen LogP) is -11.4. The molecule has 0 aliphatic carbocycles. The lowest BCUT2D eigenvalue weighted by Gasteiger charge is -1.95. The maximum Gasteiger partial charge on any atom is 0.0637 e. The standard InChI is InChI=1S/CH22B18/c1-19(3)18-17-16-15-14-13-12-11-10-9-8-7-6-5-4-2/h4-18H,2-3H2,1H3. The maximum absolute atomic E-state index is 2.34. The molecule has 0 aliphatic rings. The molecule has 18 heteroatoms. The monoisotopic (exact) mass is 232 g/mol. The van der Waals surface area contributed by atoms with Crippen LogP contribution in [0.2, 0.25) is 6.82 Å². The zero-order valence-electron chi connectivity index (χ0n) is 14.2. The Kier molecular flexibility index (Phi) is 18.3. The quantitative estimate of drug-likeness (QED) is 0.193. The van der Waals surface area contributed by atoms with E-state index in [9.17, 15) is 0 Å². The zero-order chi connectivity index (χ0) is 14.2. The van der Waals surface area contributed by atoms with Gasteiger partial charge in [0.1, 0.15) is 0 Å². The van der Waals surface area contributed by atoms with Crippen LogP contribution >= 0.6 is 0 Å². The minimum atomic E-state index is 0.900. The fourth-order valence-corrected chi connectivity index (χ4v) is 2.75. The van der Waals surface area contributed by atoms with Gasteiger partial charge in [-0.05, 0) is 0 Å². The van der Waals surface area contributed by atoms with Gasteiger partial charge in [-0.25, -0.2) is 0 Å². The molecule has 0 rings (SSSR count). The van der Waals surface area contributed by atoms with Gasteiger partial charge in [-0.1, -0.05) is 0 Å². The maximum atomic E-state index is 2.34. The van der Waals surface area contributed by atoms with Crippen LogP contribution in [0, 0.1) is 0 Å². The van der Waals surface area contributed by atoms with E-state index in [0.29, 0.717) is 0 Å². The Balaban J connectivity index is 2.91. The van der Waals surface area contributed by atoms with Crippen LogP contribution in [0.15, 0.2) is 0 Å². The van der Waals surface area contributed by atoms with Crippen LogP contribution in [-0.4, -0.2) is 128 Å². The van der Waals surface area contributed by atoms with Crippen LogP contribution in [-0.2, 0) is 0 Å². The second kappa shape index (κ2) is 17.2. The van der Waals surface area contributed by atoms with Crippen molar-refractivity contribution in [1.29, 1.82) is 0 Å². The highest BCUT2D eigenvalue weighted by Crippen LogP contribution is 1.66. The molecule has 0 spiro atoms. The molecular formula is CH22B18. The molecule has 0 N–H and O–H groups in total.